The van der Waals surface area contributed by atoms with Crippen molar-refractivity contribution in [3.63, 3.8) is 0 Å². The summed E-state index contributed by atoms with van der Waals surface area (Å²) in [5.74, 6) is -0.0128. The van der Waals surface area contributed by atoms with Crippen LogP contribution in [0.25, 0.3) is 0 Å². The Morgan fingerprint density at radius 1 is 1.23 bits per heavy atom. The molecule has 0 saturated carbocycles. The first-order chi connectivity index (χ1) is 11.9. The van der Waals surface area contributed by atoms with Crippen molar-refractivity contribution >= 4 is 37.8 Å². The number of carbonyl (C=O) groups is 1. The van der Waals surface area contributed by atoms with E-state index in [1.54, 1.807) is 0 Å². The van der Waals surface area contributed by atoms with Crippen LogP contribution in [0.3, 0.4) is 0 Å². The zero-order valence-corrected chi connectivity index (χ0v) is 19.9. The van der Waals surface area contributed by atoms with Gasteiger partial charge in [0.25, 0.3) is 0 Å². The van der Waals surface area contributed by atoms with Gasteiger partial charge in [-0.15, -0.1) is 0 Å². The molecular formula is C21H32Br2O3. The van der Waals surface area contributed by atoms with Gasteiger partial charge in [-0.3, -0.25) is 4.79 Å². The SMILES string of the molecule is CCC(c1cccc(Br)c1)C(C)(C)CC(Br)(C(=O)OCCO)C(C)(C)C. The van der Waals surface area contributed by atoms with Crippen LogP contribution in [-0.4, -0.2) is 28.6 Å². The molecule has 1 rings (SSSR count). The van der Waals surface area contributed by atoms with Crippen molar-refractivity contribution in [2.24, 2.45) is 10.8 Å². The van der Waals surface area contributed by atoms with E-state index in [1.165, 1.54) is 5.56 Å². The minimum Gasteiger partial charge on any atom is -0.462 e. The summed E-state index contributed by atoms with van der Waals surface area (Å²) in [6.07, 6.45) is 1.60. The molecule has 0 aromatic heterocycles. The Morgan fingerprint density at radius 3 is 2.31 bits per heavy atom. The molecule has 0 aliphatic rings. The monoisotopic (exact) mass is 490 g/mol. The fraction of sp³-hybridized carbons (Fsp3) is 0.667. The van der Waals surface area contributed by atoms with E-state index in [2.05, 4.69) is 70.8 Å². The van der Waals surface area contributed by atoms with Gasteiger partial charge in [0, 0.05) is 4.47 Å². The zero-order valence-electron chi connectivity index (χ0n) is 16.7. The first kappa shape index (κ1) is 23.6. The molecule has 148 valence electrons. The topological polar surface area (TPSA) is 46.5 Å². The molecule has 2 atom stereocenters. The van der Waals surface area contributed by atoms with E-state index in [-0.39, 0.29) is 30.0 Å². The molecule has 0 bridgehead atoms. The lowest BCUT2D eigenvalue weighted by molar-refractivity contribution is -0.151. The van der Waals surface area contributed by atoms with Crippen LogP contribution in [0.2, 0.25) is 0 Å². The van der Waals surface area contributed by atoms with Crippen molar-refractivity contribution in [3.8, 4) is 0 Å². The second-order valence-corrected chi connectivity index (χ2v) is 10.9. The first-order valence-corrected chi connectivity index (χ1v) is 10.7. The number of carbonyl (C=O) groups excluding carboxylic acids is 1. The highest BCUT2D eigenvalue weighted by Crippen LogP contribution is 2.52. The van der Waals surface area contributed by atoms with Crippen molar-refractivity contribution in [1.29, 1.82) is 0 Å². The third-order valence-electron chi connectivity index (χ3n) is 5.14. The van der Waals surface area contributed by atoms with Crippen LogP contribution < -0.4 is 0 Å². The third kappa shape index (κ3) is 5.56. The smallest absolute Gasteiger partial charge is 0.323 e. The molecule has 0 heterocycles. The van der Waals surface area contributed by atoms with Crippen molar-refractivity contribution in [2.75, 3.05) is 13.2 Å². The standard InChI is InChI=1S/C21H32Br2O3/c1-7-17(15-9-8-10-16(22)13-15)20(5,6)14-21(23,19(2,3)4)18(25)26-12-11-24/h8-10,13,17,24H,7,11-12,14H2,1-6H3. The Kier molecular flexibility index (Phi) is 8.37. The maximum absolute atomic E-state index is 12.9. The number of aliphatic hydroxyl groups excluding tert-OH is 1. The molecule has 0 saturated heterocycles. The Hall–Kier alpha value is -0.390. The summed E-state index contributed by atoms with van der Waals surface area (Å²) >= 11 is 7.32. The molecule has 0 spiro atoms. The number of alkyl halides is 1. The fourth-order valence-corrected chi connectivity index (χ4v) is 4.86. The molecule has 1 N–H and O–H groups in total. The molecule has 0 fully saturated rings. The van der Waals surface area contributed by atoms with Gasteiger partial charge >= 0.3 is 5.97 Å². The lowest BCUT2D eigenvalue weighted by Crippen LogP contribution is -2.49. The molecule has 1 aromatic rings. The number of esters is 1. The normalized spacial score (nSPS) is 16.0. The van der Waals surface area contributed by atoms with Gasteiger partial charge in [0.05, 0.1) is 6.61 Å². The zero-order chi connectivity index (χ0) is 20.2. The summed E-state index contributed by atoms with van der Waals surface area (Å²) in [5.41, 5.74) is 0.774. The second-order valence-electron chi connectivity index (χ2n) is 8.59. The molecule has 3 nitrogen and oxygen atoms in total. The van der Waals surface area contributed by atoms with Crippen molar-refractivity contribution in [1.82, 2.24) is 0 Å². The lowest BCUT2D eigenvalue weighted by Gasteiger charge is -2.45. The van der Waals surface area contributed by atoms with Crippen molar-refractivity contribution in [2.45, 2.75) is 64.6 Å². The van der Waals surface area contributed by atoms with Gasteiger partial charge in [-0.05, 0) is 47.3 Å². The summed E-state index contributed by atoms with van der Waals surface area (Å²) in [4.78, 5) is 12.9. The van der Waals surface area contributed by atoms with Crippen molar-refractivity contribution < 1.29 is 14.6 Å². The maximum Gasteiger partial charge on any atom is 0.323 e. The molecule has 1 aromatic carbocycles. The van der Waals surface area contributed by atoms with Crippen LogP contribution in [0.4, 0.5) is 0 Å². The highest BCUT2D eigenvalue weighted by Gasteiger charge is 2.52. The fourth-order valence-electron chi connectivity index (χ4n) is 3.61. The number of ether oxygens (including phenoxy) is 1. The molecule has 0 radical (unpaired) electrons. The molecule has 2 unspecified atom stereocenters. The number of hydrogen-bond donors (Lipinski definition) is 1. The minimum absolute atomic E-state index is 0.0194. The van der Waals surface area contributed by atoms with Gasteiger partial charge in [-0.2, -0.15) is 0 Å². The van der Waals surface area contributed by atoms with Gasteiger partial charge in [-0.1, -0.05) is 85.5 Å². The Balaban J connectivity index is 3.23. The molecular weight excluding hydrogens is 460 g/mol. The highest BCUT2D eigenvalue weighted by molar-refractivity contribution is 9.10. The van der Waals surface area contributed by atoms with E-state index < -0.39 is 4.32 Å². The van der Waals surface area contributed by atoms with E-state index in [9.17, 15) is 4.79 Å². The van der Waals surface area contributed by atoms with Gasteiger partial charge in [0.15, 0.2) is 0 Å². The van der Waals surface area contributed by atoms with Crippen molar-refractivity contribution in [3.05, 3.63) is 34.3 Å². The van der Waals surface area contributed by atoms with Gasteiger partial charge in [0.1, 0.15) is 10.9 Å². The summed E-state index contributed by atoms with van der Waals surface area (Å²) in [6.45, 7) is 12.6. The van der Waals surface area contributed by atoms with Crippen LogP contribution in [0.1, 0.15) is 65.9 Å². The molecule has 26 heavy (non-hydrogen) atoms. The first-order valence-electron chi connectivity index (χ1n) is 9.11. The predicted molar refractivity (Wildman–Crippen MR) is 115 cm³/mol. The van der Waals surface area contributed by atoms with E-state index in [0.29, 0.717) is 12.3 Å². The van der Waals surface area contributed by atoms with Crippen LogP contribution in [0.5, 0.6) is 0 Å². The number of aliphatic hydroxyl groups is 1. The molecule has 0 amide bonds. The molecule has 0 aliphatic heterocycles. The number of hydrogen-bond acceptors (Lipinski definition) is 3. The molecule has 0 aliphatic carbocycles. The van der Waals surface area contributed by atoms with Crippen LogP contribution >= 0.6 is 31.9 Å². The minimum atomic E-state index is -0.835. The quantitative estimate of drug-likeness (QED) is 0.354. The summed E-state index contributed by atoms with van der Waals surface area (Å²) < 4.78 is 5.55. The lowest BCUT2D eigenvalue weighted by atomic mass is 9.64. The van der Waals surface area contributed by atoms with E-state index in [0.717, 1.165) is 10.9 Å². The summed E-state index contributed by atoms with van der Waals surface area (Å²) in [6, 6.07) is 8.39. The van der Waals surface area contributed by atoms with Crippen LogP contribution in [0.15, 0.2) is 28.7 Å². The van der Waals surface area contributed by atoms with E-state index in [1.807, 2.05) is 26.8 Å². The van der Waals surface area contributed by atoms with Gasteiger partial charge < -0.3 is 9.84 Å². The maximum atomic E-state index is 12.9. The Labute approximate surface area is 175 Å². The average Bonchev–Trinajstić information content (AvgIpc) is 2.51. The van der Waals surface area contributed by atoms with Crippen LogP contribution in [0, 0.1) is 10.8 Å². The Bertz CT molecular complexity index is 608. The number of halogens is 2. The number of benzene rings is 1. The van der Waals surface area contributed by atoms with Gasteiger partial charge in [0.2, 0.25) is 0 Å². The van der Waals surface area contributed by atoms with E-state index >= 15 is 0 Å². The third-order valence-corrected chi connectivity index (χ3v) is 7.43. The largest absolute Gasteiger partial charge is 0.462 e. The predicted octanol–water partition coefficient (Wildman–Crippen LogP) is 6.07. The Morgan fingerprint density at radius 2 is 1.85 bits per heavy atom. The van der Waals surface area contributed by atoms with Gasteiger partial charge in [-0.25, -0.2) is 0 Å². The van der Waals surface area contributed by atoms with E-state index in [4.69, 9.17) is 9.84 Å². The second kappa shape index (κ2) is 9.20. The average molecular weight is 492 g/mol. The van der Waals surface area contributed by atoms with Crippen LogP contribution in [-0.2, 0) is 9.53 Å². The number of rotatable bonds is 8. The molecule has 5 heteroatoms. The highest BCUT2D eigenvalue weighted by atomic mass is 79.9. The summed E-state index contributed by atoms with van der Waals surface area (Å²) in [5, 5.41) is 9.02. The summed E-state index contributed by atoms with van der Waals surface area (Å²) in [7, 11) is 0.